The van der Waals surface area contributed by atoms with Gasteiger partial charge in [0.2, 0.25) is 0 Å². The molecule has 1 atom stereocenters. The molecule has 1 fully saturated rings. The van der Waals surface area contributed by atoms with Crippen LogP contribution in [0, 0.1) is 12.8 Å². The first-order valence-corrected chi connectivity index (χ1v) is 8.83. The third kappa shape index (κ3) is 5.09. The number of aromatic nitrogens is 1. The van der Waals surface area contributed by atoms with Crippen LogP contribution >= 0.6 is 11.5 Å². The van der Waals surface area contributed by atoms with E-state index in [1.54, 1.807) is 5.38 Å². The summed E-state index contributed by atoms with van der Waals surface area (Å²) in [6.45, 7) is 1.82. The molecule has 0 aliphatic heterocycles. The number of aliphatic carboxylic acids is 1. The van der Waals surface area contributed by atoms with Gasteiger partial charge in [-0.2, -0.15) is 4.37 Å². The topological polar surface area (TPSA) is 79.3 Å². The molecule has 6 heteroatoms. The van der Waals surface area contributed by atoms with Gasteiger partial charge in [0.05, 0.1) is 11.3 Å². The van der Waals surface area contributed by atoms with Crippen LogP contribution in [0.3, 0.4) is 0 Å². The lowest BCUT2D eigenvalue weighted by atomic mass is 9.84. The molecule has 22 heavy (non-hydrogen) atoms. The molecule has 1 unspecified atom stereocenters. The monoisotopic (exact) mass is 324 g/mol. The van der Waals surface area contributed by atoms with E-state index in [2.05, 4.69) is 9.69 Å². The van der Waals surface area contributed by atoms with Crippen molar-refractivity contribution in [2.24, 2.45) is 5.92 Å². The average Bonchev–Trinajstić information content (AvgIpc) is 2.92. The van der Waals surface area contributed by atoms with Gasteiger partial charge in [-0.05, 0) is 37.2 Å². The van der Waals surface area contributed by atoms with Crippen LogP contribution in [0.4, 0.5) is 0 Å². The van der Waals surface area contributed by atoms with Crippen molar-refractivity contribution in [3.8, 4) is 0 Å². The molecular formula is C16H24N2O3S. The molecule has 122 valence electrons. The average molecular weight is 324 g/mol. The van der Waals surface area contributed by atoms with Crippen molar-refractivity contribution < 1.29 is 14.7 Å². The van der Waals surface area contributed by atoms with Crippen LogP contribution in [0.5, 0.6) is 0 Å². The number of hydrogen-bond donors (Lipinski definition) is 2. The molecule has 0 radical (unpaired) electrons. The fourth-order valence-electron chi connectivity index (χ4n) is 3.15. The van der Waals surface area contributed by atoms with Crippen molar-refractivity contribution >= 4 is 23.4 Å². The number of aryl methyl sites for hydroxylation is 1. The molecule has 0 spiro atoms. The Morgan fingerprint density at radius 2 is 2.14 bits per heavy atom. The minimum atomic E-state index is -0.809. The van der Waals surface area contributed by atoms with Crippen LogP contribution in [0.25, 0.3) is 0 Å². The number of hydrogen-bond acceptors (Lipinski definition) is 4. The van der Waals surface area contributed by atoms with Crippen LogP contribution in [-0.2, 0) is 4.79 Å². The molecule has 1 aromatic rings. The normalized spacial score (nSPS) is 17.1. The van der Waals surface area contributed by atoms with E-state index in [9.17, 15) is 9.59 Å². The van der Waals surface area contributed by atoms with Gasteiger partial charge in [-0.25, -0.2) is 0 Å². The van der Waals surface area contributed by atoms with Gasteiger partial charge in [0.15, 0.2) is 0 Å². The molecule has 1 aromatic heterocycles. The first kappa shape index (κ1) is 16.9. The van der Waals surface area contributed by atoms with E-state index in [-0.39, 0.29) is 18.4 Å². The molecule has 1 amide bonds. The summed E-state index contributed by atoms with van der Waals surface area (Å²) in [6, 6.07) is -0.0639. The summed E-state index contributed by atoms with van der Waals surface area (Å²) in [4.78, 5) is 23.2. The van der Waals surface area contributed by atoms with Gasteiger partial charge in [0, 0.05) is 17.8 Å². The smallest absolute Gasteiger partial charge is 0.303 e. The van der Waals surface area contributed by atoms with Gasteiger partial charge in [-0.15, -0.1) is 0 Å². The number of nitrogens with one attached hydrogen (secondary N) is 1. The summed E-state index contributed by atoms with van der Waals surface area (Å²) in [7, 11) is 0. The fraction of sp³-hybridized carbons (Fsp3) is 0.688. The van der Waals surface area contributed by atoms with E-state index < -0.39 is 5.97 Å². The molecule has 2 rings (SSSR count). The number of carboxylic acid groups (broad SMARTS) is 1. The highest BCUT2D eigenvalue weighted by Crippen LogP contribution is 2.28. The van der Waals surface area contributed by atoms with Crippen molar-refractivity contribution in [1.82, 2.24) is 9.69 Å². The Hall–Kier alpha value is -1.43. The molecule has 0 saturated heterocycles. The van der Waals surface area contributed by atoms with Crippen LogP contribution < -0.4 is 5.32 Å². The second kappa shape index (κ2) is 8.27. The van der Waals surface area contributed by atoms with Crippen molar-refractivity contribution in [3.63, 3.8) is 0 Å². The first-order chi connectivity index (χ1) is 10.6. The van der Waals surface area contributed by atoms with Gasteiger partial charge in [0.25, 0.3) is 5.91 Å². The Bertz CT molecular complexity index is 509. The molecular weight excluding hydrogens is 300 g/mol. The number of rotatable bonds is 7. The van der Waals surface area contributed by atoms with Gasteiger partial charge < -0.3 is 10.4 Å². The Balaban J connectivity index is 1.95. The van der Waals surface area contributed by atoms with Crippen LogP contribution in [0.15, 0.2) is 5.38 Å². The Morgan fingerprint density at radius 3 is 2.73 bits per heavy atom. The Labute approximate surface area is 135 Å². The SMILES string of the molecule is Cc1nscc1C(=O)NC(CCC(=O)O)CC1CCCCC1. The second-order valence-electron chi connectivity index (χ2n) is 6.16. The zero-order valence-electron chi connectivity index (χ0n) is 13.0. The van der Waals surface area contributed by atoms with Gasteiger partial charge in [0.1, 0.15) is 0 Å². The van der Waals surface area contributed by atoms with Gasteiger partial charge >= 0.3 is 5.97 Å². The van der Waals surface area contributed by atoms with E-state index in [0.717, 1.165) is 12.1 Å². The molecule has 2 N–H and O–H groups in total. The number of carboxylic acids is 1. The zero-order chi connectivity index (χ0) is 15.9. The molecule has 1 aliphatic carbocycles. The lowest BCUT2D eigenvalue weighted by molar-refractivity contribution is -0.137. The summed E-state index contributed by atoms with van der Waals surface area (Å²) in [5, 5.41) is 13.7. The first-order valence-electron chi connectivity index (χ1n) is 8.00. The maximum atomic E-state index is 12.3. The van der Waals surface area contributed by atoms with E-state index in [0.29, 0.717) is 17.9 Å². The van der Waals surface area contributed by atoms with E-state index in [1.807, 2.05) is 6.92 Å². The fourth-order valence-corrected chi connectivity index (χ4v) is 3.84. The highest BCUT2D eigenvalue weighted by atomic mass is 32.1. The number of nitrogens with zero attached hydrogens (tertiary/aromatic N) is 1. The zero-order valence-corrected chi connectivity index (χ0v) is 13.8. The second-order valence-corrected chi connectivity index (χ2v) is 6.79. The van der Waals surface area contributed by atoms with Crippen molar-refractivity contribution in [2.45, 2.75) is 64.3 Å². The lowest BCUT2D eigenvalue weighted by Gasteiger charge is -2.27. The Morgan fingerprint density at radius 1 is 1.41 bits per heavy atom. The molecule has 1 heterocycles. The van der Waals surface area contributed by atoms with Gasteiger partial charge in [-0.3, -0.25) is 9.59 Å². The van der Waals surface area contributed by atoms with E-state index in [4.69, 9.17) is 5.11 Å². The largest absolute Gasteiger partial charge is 0.481 e. The minimum Gasteiger partial charge on any atom is -0.481 e. The summed E-state index contributed by atoms with van der Waals surface area (Å²) in [5.74, 6) is -0.330. The van der Waals surface area contributed by atoms with Crippen molar-refractivity contribution in [1.29, 1.82) is 0 Å². The standard InChI is InChI=1S/C16H24N2O3S/c1-11-14(10-22-18-11)16(21)17-13(7-8-15(19)20)9-12-5-3-2-4-6-12/h10,12-13H,2-9H2,1H3,(H,17,21)(H,19,20). The number of carbonyl (C=O) groups excluding carboxylic acids is 1. The van der Waals surface area contributed by atoms with Crippen LogP contribution in [0.1, 0.15) is 67.4 Å². The predicted molar refractivity (Wildman–Crippen MR) is 86.2 cm³/mol. The highest BCUT2D eigenvalue weighted by Gasteiger charge is 2.22. The Kier molecular flexibility index (Phi) is 6.36. The summed E-state index contributed by atoms with van der Waals surface area (Å²) in [5.41, 5.74) is 1.34. The van der Waals surface area contributed by atoms with Crippen molar-refractivity contribution in [3.05, 3.63) is 16.6 Å². The number of amides is 1. The maximum absolute atomic E-state index is 12.3. The molecule has 5 nitrogen and oxygen atoms in total. The number of carbonyl (C=O) groups is 2. The van der Waals surface area contributed by atoms with E-state index >= 15 is 0 Å². The highest BCUT2D eigenvalue weighted by molar-refractivity contribution is 7.03. The molecule has 1 saturated carbocycles. The lowest BCUT2D eigenvalue weighted by Crippen LogP contribution is -2.37. The van der Waals surface area contributed by atoms with Crippen molar-refractivity contribution in [2.75, 3.05) is 0 Å². The van der Waals surface area contributed by atoms with Gasteiger partial charge in [-0.1, -0.05) is 32.1 Å². The summed E-state index contributed by atoms with van der Waals surface area (Å²) in [6.07, 6.45) is 7.65. The predicted octanol–water partition coefficient (Wildman–Crippen LogP) is 3.39. The molecule has 0 bridgehead atoms. The molecule has 0 aromatic carbocycles. The molecule has 1 aliphatic rings. The van der Waals surface area contributed by atoms with E-state index in [1.165, 1.54) is 43.6 Å². The maximum Gasteiger partial charge on any atom is 0.303 e. The minimum absolute atomic E-state index is 0.0639. The van der Waals surface area contributed by atoms with Crippen LogP contribution in [0.2, 0.25) is 0 Å². The summed E-state index contributed by atoms with van der Waals surface area (Å²) >= 11 is 1.27. The third-order valence-electron chi connectivity index (χ3n) is 4.38. The summed E-state index contributed by atoms with van der Waals surface area (Å²) < 4.78 is 4.12. The third-order valence-corrected chi connectivity index (χ3v) is 5.10. The van der Waals surface area contributed by atoms with Crippen LogP contribution in [-0.4, -0.2) is 27.4 Å². The quantitative estimate of drug-likeness (QED) is 0.806.